The van der Waals surface area contributed by atoms with Crippen molar-refractivity contribution in [2.24, 2.45) is 11.8 Å². The third kappa shape index (κ3) is 4.63. The zero-order chi connectivity index (χ0) is 22.9. The van der Waals surface area contributed by atoms with Crippen molar-refractivity contribution in [2.75, 3.05) is 24.1 Å². The SMILES string of the molecule is Cc1cc(F)c(N(CC(C)C)S(=O)(=O)c2ccc3c(cnn3CC3CCOCC3)c2)cn1. The second-order valence-electron chi connectivity index (χ2n) is 8.81. The van der Waals surface area contributed by atoms with Crippen LogP contribution >= 0.6 is 0 Å². The lowest BCUT2D eigenvalue weighted by Crippen LogP contribution is -2.35. The largest absolute Gasteiger partial charge is 0.381 e. The molecule has 3 aromatic rings. The predicted molar refractivity (Wildman–Crippen MR) is 122 cm³/mol. The first-order chi connectivity index (χ1) is 15.3. The van der Waals surface area contributed by atoms with E-state index in [1.807, 2.05) is 18.5 Å². The highest BCUT2D eigenvalue weighted by Gasteiger charge is 2.29. The van der Waals surface area contributed by atoms with Crippen LogP contribution in [0.2, 0.25) is 0 Å². The number of hydrogen-bond acceptors (Lipinski definition) is 5. The summed E-state index contributed by atoms with van der Waals surface area (Å²) in [5.41, 5.74) is 1.33. The van der Waals surface area contributed by atoms with Crippen LogP contribution in [0.25, 0.3) is 10.9 Å². The first-order valence-corrected chi connectivity index (χ1v) is 12.4. The van der Waals surface area contributed by atoms with Crippen molar-refractivity contribution in [1.82, 2.24) is 14.8 Å². The van der Waals surface area contributed by atoms with Crippen LogP contribution in [-0.2, 0) is 21.3 Å². The smallest absolute Gasteiger partial charge is 0.264 e. The van der Waals surface area contributed by atoms with Gasteiger partial charge in [-0.3, -0.25) is 14.0 Å². The van der Waals surface area contributed by atoms with Crippen LogP contribution in [0, 0.1) is 24.6 Å². The Balaban J connectivity index is 1.68. The number of pyridine rings is 1. The van der Waals surface area contributed by atoms with E-state index in [2.05, 4.69) is 10.1 Å². The average molecular weight is 461 g/mol. The number of halogens is 1. The first-order valence-electron chi connectivity index (χ1n) is 10.9. The van der Waals surface area contributed by atoms with Gasteiger partial charge >= 0.3 is 0 Å². The molecule has 4 rings (SSSR count). The van der Waals surface area contributed by atoms with Crippen molar-refractivity contribution in [3.8, 4) is 0 Å². The van der Waals surface area contributed by atoms with E-state index in [4.69, 9.17) is 4.74 Å². The first kappa shape index (κ1) is 22.7. The topological polar surface area (TPSA) is 77.3 Å². The van der Waals surface area contributed by atoms with Crippen molar-refractivity contribution in [3.63, 3.8) is 0 Å². The number of aryl methyl sites for hydroxylation is 1. The van der Waals surface area contributed by atoms with Gasteiger partial charge < -0.3 is 4.74 Å². The molecule has 2 aromatic heterocycles. The van der Waals surface area contributed by atoms with Crippen molar-refractivity contribution < 1.29 is 17.5 Å². The minimum atomic E-state index is -3.99. The summed E-state index contributed by atoms with van der Waals surface area (Å²) in [5, 5.41) is 5.23. The van der Waals surface area contributed by atoms with Gasteiger partial charge in [-0.25, -0.2) is 12.8 Å². The molecule has 0 spiro atoms. The maximum atomic E-state index is 14.7. The molecule has 7 nitrogen and oxygen atoms in total. The molecule has 1 aromatic carbocycles. The Morgan fingerprint density at radius 1 is 1.22 bits per heavy atom. The second kappa shape index (κ2) is 9.15. The third-order valence-electron chi connectivity index (χ3n) is 5.74. The number of aromatic nitrogens is 3. The van der Waals surface area contributed by atoms with E-state index in [-0.39, 0.29) is 23.0 Å². The molecular formula is C23H29FN4O3S. The van der Waals surface area contributed by atoms with E-state index < -0.39 is 15.8 Å². The summed E-state index contributed by atoms with van der Waals surface area (Å²) in [5.74, 6) is -0.114. The number of fused-ring (bicyclic) bond motifs is 1. The van der Waals surface area contributed by atoms with Gasteiger partial charge in [0.2, 0.25) is 0 Å². The lowest BCUT2D eigenvalue weighted by atomic mass is 10.0. The van der Waals surface area contributed by atoms with Crippen LogP contribution in [0.1, 0.15) is 32.4 Å². The van der Waals surface area contributed by atoms with E-state index in [1.165, 1.54) is 12.3 Å². The third-order valence-corrected chi connectivity index (χ3v) is 7.52. The van der Waals surface area contributed by atoms with Gasteiger partial charge in [-0.05, 0) is 55.9 Å². The zero-order valence-corrected chi connectivity index (χ0v) is 19.5. The van der Waals surface area contributed by atoms with Gasteiger partial charge in [-0.1, -0.05) is 13.8 Å². The molecule has 1 fully saturated rings. The number of rotatable bonds is 7. The summed E-state index contributed by atoms with van der Waals surface area (Å²) in [6.07, 6.45) is 4.96. The summed E-state index contributed by atoms with van der Waals surface area (Å²) < 4.78 is 50.3. The molecule has 0 radical (unpaired) electrons. The average Bonchev–Trinajstić information content (AvgIpc) is 3.15. The Morgan fingerprint density at radius 3 is 2.66 bits per heavy atom. The lowest BCUT2D eigenvalue weighted by Gasteiger charge is -2.26. The number of benzene rings is 1. The molecule has 0 unspecified atom stereocenters. The molecule has 172 valence electrons. The summed E-state index contributed by atoms with van der Waals surface area (Å²) >= 11 is 0. The van der Waals surface area contributed by atoms with Gasteiger partial charge in [0.05, 0.1) is 22.8 Å². The fourth-order valence-corrected chi connectivity index (χ4v) is 5.69. The number of hydrogen-bond donors (Lipinski definition) is 0. The highest BCUT2D eigenvalue weighted by Crippen LogP contribution is 2.29. The van der Waals surface area contributed by atoms with Crippen molar-refractivity contribution in [2.45, 2.75) is 45.1 Å². The quantitative estimate of drug-likeness (QED) is 0.529. The van der Waals surface area contributed by atoms with Gasteiger partial charge in [0.15, 0.2) is 5.82 Å². The van der Waals surface area contributed by atoms with Gasteiger partial charge in [0.25, 0.3) is 10.0 Å². The van der Waals surface area contributed by atoms with E-state index in [9.17, 15) is 12.8 Å². The molecular weight excluding hydrogens is 431 g/mol. The summed E-state index contributed by atoms with van der Waals surface area (Å²) in [6.45, 7) is 7.91. The molecule has 1 aliphatic heterocycles. The monoisotopic (exact) mass is 460 g/mol. The number of sulfonamides is 1. The molecule has 1 saturated heterocycles. The Labute approximate surface area is 188 Å². The van der Waals surface area contributed by atoms with Gasteiger partial charge in [-0.15, -0.1) is 0 Å². The fraction of sp³-hybridized carbons (Fsp3) is 0.478. The molecule has 0 atom stereocenters. The maximum Gasteiger partial charge on any atom is 0.264 e. The van der Waals surface area contributed by atoms with Crippen LogP contribution < -0.4 is 4.31 Å². The van der Waals surface area contributed by atoms with Crippen molar-refractivity contribution >= 4 is 26.6 Å². The fourth-order valence-electron chi connectivity index (χ4n) is 4.03. The van der Waals surface area contributed by atoms with Crippen LogP contribution in [0.15, 0.2) is 41.6 Å². The minimum absolute atomic E-state index is 0.00330. The zero-order valence-electron chi connectivity index (χ0n) is 18.7. The molecule has 1 aliphatic rings. The molecule has 0 saturated carbocycles. The Morgan fingerprint density at radius 2 is 1.97 bits per heavy atom. The van der Waals surface area contributed by atoms with Crippen molar-refractivity contribution in [1.29, 1.82) is 0 Å². The molecule has 0 N–H and O–H groups in total. The van der Waals surface area contributed by atoms with E-state index in [0.29, 0.717) is 11.6 Å². The Bertz CT molecular complexity index is 1200. The van der Waals surface area contributed by atoms with E-state index in [0.717, 1.165) is 47.8 Å². The molecule has 32 heavy (non-hydrogen) atoms. The normalized spacial score (nSPS) is 15.5. The minimum Gasteiger partial charge on any atom is -0.381 e. The van der Waals surface area contributed by atoms with Gasteiger partial charge in [-0.2, -0.15) is 5.10 Å². The Kier molecular flexibility index (Phi) is 6.48. The van der Waals surface area contributed by atoms with Gasteiger partial charge in [0.1, 0.15) is 5.69 Å². The van der Waals surface area contributed by atoms with Crippen molar-refractivity contribution in [3.05, 3.63) is 48.2 Å². The van der Waals surface area contributed by atoms with E-state index >= 15 is 0 Å². The summed E-state index contributed by atoms with van der Waals surface area (Å²) in [7, 11) is -3.99. The van der Waals surface area contributed by atoms with Crippen LogP contribution in [0.3, 0.4) is 0 Å². The van der Waals surface area contributed by atoms with Gasteiger partial charge in [0, 0.05) is 37.4 Å². The van der Waals surface area contributed by atoms with Crippen LogP contribution in [0.5, 0.6) is 0 Å². The molecule has 0 bridgehead atoms. The number of ether oxygens (including phenoxy) is 1. The second-order valence-corrected chi connectivity index (χ2v) is 10.7. The highest BCUT2D eigenvalue weighted by molar-refractivity contribution is 7.92. The lowest BCUT2D eigenvalue weighted by molar-refractivity contribution is 0.0605. The van der Waals surface area contributed by atoms with Crippen LogP contribution in [0.4, 0.5) is 10.1 Å². The highest BCUT2D eigenvalue weighted by atomic mass is 32.2. The van der Waals surface area contributed by atoms with Crippen LogP contribution in [-0.4, -0.2) is 42.9 Å². The predicted octanol–water partition coefficient (Wildman–Crippen LogP) is 4.16. The number of nitrogens with zero attached hydrogens (tertiary/aromatic N) is 4. The Hall–Kier alpha value is -2.52. The molecule has 9 heteroatoms. The standard InChI is InChI=1S/C23H29FN4O3S/c1-16(2)14-28(23-13-25-17(3)10-21(23)24)32(29,30)20-4-5-22-19(11-20)12-26-27(22)15-18-6-8-31-9-7-18/h4-5,10-13,16,18H,6-9,14-15H2,1-3H3. The number of anilines is 1. The molecule has 0 aliphatic carbocycles. The summed E-state index contributed by atoms with van der Waals surface area (Å²) in [6, 6.07) is 6.23. The molecule has 0 amide bonds. The molecule has 3 heterocycles. The maximum absolute atomic E-state index is 14.7. The van der Waals surface area contributed by atoms with E-state index in [1.54, 1.807) is 31.3 Å². The summed E-state index contributed by atoms with van der Waals surface area (Å²) in [4.78, 5) is 4.22.